The van der Waals surface area contributed by atoms with Crippen molar-refractivity contribution in [3.05, 3.63) is 29.8 Å². The molecular weight excluding hydrogens is 262 g/mol. The lowest BCUT2D eigenvalue weighted by molar-refractivity contribution is 0.1000. The molecule has 5 heteroatoms. The van der Waals surface area contributed by atoms with E-state index in [4.69, 9.17) is 5.73 Å². The van der Waals surface area contributed by atoms with Crippen LogP contribution in [0.2, 0.25) is 0 Å². The zero-order valence-corrected chi connectivity index (χ0v) is 11.7. The average molecular weight is 281 g/mol. The number of nitrogens with two attached hydrogens (primary N) is 1. The van der Waals surface area contributed by atoms with Gasteiger partial charge in [0.1, 0.15) is 0 Å². The molecule has 0 radical (unpaired) electrons. The fourth-order valence-corrected chi connectivity index (χ4v) is 4.41. The first kappa shape index (κ1) is 14.1. The Bertz CT molecular complexity index is 541. The molecule has 1 saturated carbocycles. The molecule has 0 spiro atoms. The van der Waals surface area contributed by atoms with Crippen LogP contribution in [0.25, 0.3) is 0 Å². The average Bonchev–Trinajstić information content (AvgIpc) is 2.68. The Kier molecular flexibility index (Phi) is 4.24. The second-order valence-corrected chi connectivity index (χ2v) is 7.28. The third kappa shape index (κ3) is 3.15. The molecule has 1 aromatic carbocycles. The van der Waals surface area contributed by atoms with Gasteiger partial charge in [0.25, 0.3) is 0 Å². The van der Waals surface area contributed by atoms with Crippen molar-refractivity contribution in [2.45, 2.75) is 48.7 Å². The van der Waals surface area contributed by atoms with Crippen LogP contribution in [0.1, 0.15) is 48.9 Å². The van der Waals surface area contributed by atoms with Gasteiger partial charge in [0, 0.05) is 5.56 Å². The molecule has 104 valence electrons. The van der Waals surface area contributed by atoms with Crippen molar-refractivity contribution in [2.24, 2.45) is 5.73 Å². The second kappa shape index (κ2) is 5.74. The third-order valence-corrected chi connectivity index (χ3v) is 5.99. The number of primary amides is 1. The van der Waals surface area contributed by atoms with Gasteiger partial charge in [-0.1, -0.05) is 25.7 Å². The van der Waals surface area contributed by atoms with Crippen LogP contribution in [0.4, 0.5) is 0 Å². The minimum Gasteiger partial charge on any atom is -0.366 e. The number of hydrogen-bond donors (Lipinski definition) is 1. The van der Waals surface area contributed by atoms with E-state index in [9.17, 15) is 13.2 Å². The van der Waals surface area contributed by atoms with Crippen LogP contribution >= 0.6 is 0 Å². The standard InChI is InChI=1S/C14H19NO3S/c15-14(16)11-7-9-13(10-8-11)19(17,18)12-5-3-1-2-4-6-12/h7-10,12H,1-6H2,(H2,15,16). The van der Waals surface area contributed by atoms with Gasteiger partial charge in [-0.05, 0) is 37.1 Å². The lowest BCUT2D eigenvalue weighted by Gasteiger charge is -2.15. The Morgan fingerprint density at radius 1 is 1.00 bits per heavy atom. The Hall–Kier alpha value is -1.36. The molecule has 0 heterocycles. The highest BCUT2D eigenvalue weighted by Crippen LogP contribution is 2.27. The summed E-state index contributed by atoms with van der Waals surface area (Å²) in [7, 11) is -3.28. The smallest absolute Gasteiger partial charge is 0.248 e. The van der Waals surface area contributed by atoms with Gasteiger partial charge in [0.15, 0.2) is 9.84 Å². The van der Waals surface area contributed by atoms with Gasteiger partial charge in [0.05, 0.1) is 10.1 Å². The molecule has 1 aliphatic carbocycles. The summed E-state index contributed by atoms with van der Waals surface area (Å²) in [4.78, 5) is 11.3. The third-order valence-electron chi connectivity index (χ3n) is 3.71. The van der Waals surface area contributed by atoms with E-state index >= 15 is 0 Å². The quantitative estimate of drug-likeness (QED) is 0.863. The lowest BCUT2D eigenvalue weighted by Crippen LogP contribution is -2.21. The van der Waals surface area contributed by atoms with Gasteiger partial charge in [0.2, 0.25) is 5.91 Å². The lowest BCUT2D eigenvalue weighted by atomic mass is 10.2. The number of amides is 1. The molecule has 0 saturated heterocycles. The first-order chi connectivity index (χ1) is 9.01. The van der Waals surface area contributed by atoms with E-state index in [2.05, 4.69) is 0 Å². The second-order valence-electron chi connectivity index (χ2n) is 5.05. The maximum Gasteiger partial charge on any atom is 0.248 e. The van der Waals surface area contributed by atoms with Gasteiger partial charge in [-0.2, -0.15) is 0 Å². The summed E-state index contributed by atoms with van der Waals surface area (Å²) in [5.41, 5.74) is 5.48. The highest BCUT2D eigenvalue weighted by Gasteiger charge is 2.27. The van der Waals surface area contributed by atoms with Gasteiger partial charge in [-0.15, -0.1) is 0 Å². The highest BCUT2D eigenvalue weighted by atomic mass is 32.2. The summed E-state index contributed by atoms with van der Waals surface area (Å²) < 4.78 is 25.0. The molecule has 0 aliphatic heterocycles. The minimum absolute atomic E-state index is 0.283. The van der Waals surface area contributed by atoms with Crippen molar-refractivity contribution in [1.29, 1.82) is 0 Å². The Balaban J connectivity index is 2.25. The summed E-state index contributed by atoms with van der Waals surface area (Å²) in [6, 6.07) is 5.93. The number of carbonyl (C=O) groups excluding carboxylic acids is 1. The summed E-state index contributed by atoms with van der Waals surface area (Å²) in [6.45, 7) is 0. The Morgan fingerprint density at radius 2 is 1.53 bits per heavy atom. The highest BCUT2D eigenvalue weighted by molar-refractivity contribution is 7.92. The summed E-state index contributed by atoms with van der Waals surface area (Å²) in [5, 5.41) is -0.283. The van der Waals surface area contributed by atoms with Crippen LogP contribution in [0.15, 0.2) is 29.2 Å². The maximum atomic E-state index is 12.5. The van der Waals surface area contributed by atoms with E-state index in [0.717, 1.165) is 38.5 Å². The fourth-order valence-electron chi connectivity index (χ4n) is 2.55. The van der Waals surface area contributed by atoms with Crippen molar-refractivity contribution in [1.82, 2.24) is 0 Å². The van der Waals surface area contributed by atoms with Gasteiger partial charge >= 0.3 is 0 Å². The topological polar surface area (TPSA) is 77.2 Å². The van der Waals surface area contributed by atoms with Crippen molar-refractivity contribution in [3.8, 4) is 0 Å². The van der Waals surface area contributed by atoms with Crippen molar-refractivity contribution < 1.29 is 13.2 Å². The van der Waals surface area contributed by atoms with E-state index in [1.807, 2.05) is 0 Å². The first-order valence-corrected chi connectivity index (χ1v) is 8.20. The van der Waals surface area contributed by atoms with Crippen LogP contribution in [-0.2, 0) is 9.84 Å². The van der Waals surface area contributed by atoms with Crippen LogP contribution in [0.3, 0.4) is 0 Å². The molecule has 19 heavy (non-hydrogen) atoms. The van der Waals surface area contributed by atoms with Crippen molar-refractivity contribution >= 4 is 15.7 Å². The molecule has 1 aromatic rings. The van der Waals surface area contributed by atoms with Gasteiger partial charge in [-0.25, -0.2) is 8.42 Å². The normalized spacial score (nSPS) is 17.9. The van der Waals surface area contributed by atoms with Gasteiger partial charge in [-0.3, -0.25) is 4.79 Å². The van der Waals surface area contributed by atoms with E-state index in [0.29, 0.717) is 10.5 Å². The van der Waals surface area contributed by atoms with E-state index in [1.54, 1.807) is 0 Å². The zero-order valence-electron chi connectivity index (χ0n) is 10.8. The first-order valence-electron chi connectivity index (χ1n) is 6.65. The number of carbonyl (C=O) groups is 1. The molecule has 2 N–H and O–H groups in total. The molecular formula is C14H19NO3S. The summed E-state index contributed by atoms with van der Waals surface area (Å²) in [6.07, 6.45) is 5.66. The molecule has 1 aliphatic rings. The fraction of sp³-hybridized carbons (Fsp3) is 0.500. The number of rotatable bonds is 3. The van der Waals surface area contributed by atoms with E-state index < -0.39 is 15.7 Å². The summed E-state index contributed by atoms with van der Waals surface area (Å²) in [5.74, 6) is -0.543. The monoisotopic (exact) mass is 281 g/mol. The van der Waals surface area contributed by atoms with E-state index in [-0.39, 0.29) is 5.25 Å². The molecule has 0 bridgehead atoms. The van der Waals surface area contributed by atoms with Crippen LogP contribution in [0.5, 0.6) is 0 Å². The maximum absolute atomic E-state index is 12.5. The van der Waals surface area contributed by atoms with Crippen molar-refractivity contribution in [2.75, 3.05) is 0 Å². The zero-order chi connectivity index (χ0) is 13.9. The molecule has 0 atom stereocenters. The van der Waals surface area contributed by atoms with Crippen LogP contribution < -0.4 is 5.73 Å². The minimum atomic E-state index is -3.28. The summed E-state index contributed by atoms with van der Waals surface area (Å²) >= 11 is 0. The van der Waals surface area contributed by atoms with Crippen LogP contribution in [0, 0.1) is 0 Å². The predicted octanol–water partition coefficient (Wildman–Crippen LogP) is 2.28. The van der Waals surface area contributed by atoms with Crippen molar-refractivity contribution in [3.63, 3.8) is 0 Å². The molecule has 0 aromatic heterocycles. The SMILES string of the molecule is NC(=O)c1ccc(S(=O)(=O)C2CCCCCC2)cc1. The molecule has 1 fully saturated rings. The number of benzene rings is 1. The molecule has 2 rings (SSSR count). The number of hydrogen-bond acceptors (Lipinski definition) is 3. The largest absolute Gasteiger partial charge is 0.366 e. The van der Waals surface area contributed by atoms with Crippen LogP contribution in [-0.4, -0.2) is 19.6 Å². The molecule has 0 unspecified atom stereocenters. The van der Waals surface area contributed by atoms with Gasteiger partial charge < -0.3 is 5.73 Å². The Morgan fingerprint density at radius 3 is 2.00 bits per heavy atom. The van der Waals surface area contributed by atoms with E-state index in [1.165, 1.54) is 24.3 Å². The number of sulfone groups is 1. The molecule has 1 amide bonds. The predicted molar refractivity (Wildman–Crippen MR) is 73.6 cm³/mol. The Labute approximate surface area is 113 Å². The molecule has 4 nitrogen and oxygen atoms in total.